The van der Waals surface area contributed by atoms with Crippen molar-refractivity contribution in [1.82, 2.24) is 0 Å². The fourth-order valence-electron chi connectivity index (χ4n) is 3.57. The summed E-state index contributed by atoms with van der Waals surface area (Å²) in [5.74, 6) is 1.37. The van der Waals surface area contributed by atoms with Crippen molar-refractivity contribution in [2.24, 2.45) is 5.92 Å². The van der Waals surface area contributed by atoms with Crippen LogP contribution in [0.3, 0.4) is 0 Å². The maximum Gasteiger partial charge on any atom is 0.119 e. The maximum atomic E-state index is 6.04. The van der Waals surface area contributed by atoms with Gasteiger partial charge in [-0.3, -0.25) is 0 Å². The van der Waals surface area contributed by atoms with Crippen molar-refractivity contribution in [3.8, 4) is 5.75 Å². The van der Waals surface area contributed by atoms with Crippen LogP contribution in [0.25, 0.3) is 0 Å². The molecule has 2 aromatic carbocycles. The zero-order valence-electron chi connectivity index (χ0n) is 12.1. The molecule has 1 fully saturated rings. The summed E-state index contributed by atoms with van der Waals surface area (Å²) < 4.78 is 11.4. The van der Waals surface area contributed by atoms with Gasteiger partial charge in [-0.2, -0.15) is 0 Å². The van der Waals surface area contributed by atoms with Gasteiger partial charge in [-0.25, -0.2) is 0 Å². The van der Waals surface area contributed by atoms with Crippen LogP contribution in [-0.2, 0) is 4.74 Å². The van der Waals surface area contributed by atoms with Gasteiger partial charge in [0.05, 0.1) is 19.3 Å². The summed E-state index contributed by atoms with van der Waals surface area (Å²) >= 11 is 0. The van der Waals surface area contributed by atoms with Crippen molar-refractivity contribution in [3.05, 3.63) is 59.7 Å². The molecule has 0 unspecified atom stereocenters. The molecule has 1 saturated heterocycles. The van der Waals surface area contributed by atoms with E-state index in [0.717, 1.165) is 24.5 Å². The van der Waals surface area contributed by atoms with E-state index in [2.05, 4.69) is 47.8 Å². The molecule has 0 saturated carbocycles. The zero-order chi connectivity index (χ0) is 14.2. The number of methoxy groups -OCH3 is 1. The standard InChI is InChI=1S/C18H19NO2/c1-20-13-7-8-16-15(11-13)18-14(9-10-21-18)17(19-16)12-5-3-2-4-6-12/h2-8,11,14,17-19H,9-10H2,1H3/t14-,17-,18+/m0/s1. The lowest BCUT2D eigenvalue weighted by molar-refractivity contribution is 0.0827. The minimum Gasteiger partial charge on any atom is -0.497 e. The largest absolute Gasteiger partial charge is 0.497 e. The lowest BCUT2D eigenvalue weighted by atomic mass is 9.81. The molecule has 1 N–H and O–H groups in total. The normalized spacial score (nSPS) is 26.6. The molecule has 3 heteroatoms. The summed E-state index contributed by atoms with van der Waals surface area (Å²) in [5.41, 5.74) is 3.72. The van der Waals surface area contributed by atoms with Gasteiger partial charge in [0.2, 0.25) is 0 Å². The van der Waals surface area contributed by atoms with Crippen LogP contribution in [0.15, 0.2) is 48.5 Å². The molecule has 2 aliphatic heterocycles. The molecule has 0 aromatic heterocycles. The average Bonchev–Trinajstić information content (AvgIpc) is 3.04. The summed E-state index contributed by atoms with van der Waals surface area (Å²) in [5, 5.41) is 3.70. The van der Waals surface area contributed by atoms with Crippen LogP contribution in [-0.4, -0.2) is 13.7 Å². The van der Waals surface area contributed by atoms with E-state index < -0.39 is 0 Å². The van der Waals surface area contributed by atoms with E-state index in [1.165, 1.54) is 11.1 Å². The van der Waals surface area contributed by atoms with Crippen LogP contribution in [0.5, 0.6) is 5.75 Å². The summed E-state index contributed by atoms with van der Waals surface area (Å²) in [6, 6.07) is 17.2. The molecule has 0 aliphatic carbocycles. The Kier molecular flexibility index (Phi) is 3.08. The van der Waals surface area contributed by atoms with Crippen LogP contribution < -0.4 is 10.1 Å². The van der Waals surface area contributed by atoms with Crippen LogP contribution in [0.1, 0.15) is 29.7 Å². The number of hydrogen-bond acceptors (Lipinski definition) is 3. The van der Waals surface area contributed by atoms with E-state index in [1.807, 2.05) is 6.07 Å². The first-order chi connectivity index (χ1) is 10.4. The Labute approximate surface area is 124 Å². The third kappa shape index (κ3) is 2.09. The SMILES string of the molecule is COc1ccc2c(c1)[C@@H]1OCC[C@H]1[C@H](c1ccccc1)N2. The molecule has 3 nitrogen and oxygen atoms in total. The number of fused-ring (bicyclic) bond motifs is 3. The predicted octanol–water partition coefficient (Wildman–Crippen LogP) is 3.94. The quantitative estimate of drug-likeness (QED) is 0.904. The molecule has 2 aromatic rings. The van der Waals surface area contributed by atoms with E-state index in [-0.39, 0.29) is 6.10 Å². The molecule has 21 heavy (non-hydrogen) atoms. The highest BCUT2D eigenvalue weighted by Gasteiger charge is 2.41. The van der Waals surface area contributed by atoms with Gasteiger partial charge in [0.1, 0.15) is 5.75 Å². The van der Waals surface area contributed by atoms with Crippen molar-refractivity contribution in [2.45, 2.75) is 18.6 Å². The fraction of sp³-hybridized carbons (Fsp3) is 0.333. The maximum absolute atomic E-state index is 6.04. The lowest BCUT2D eigenvalue weighted by Gasteiger charge is -2.36. The Bertz CT molecular complexity index is 641. The Balaban J connectivity index is 1.77. The van der Waals surface area contributed by atoms with E-state index in [0.29, 0.717) is 12.0 Å². The van der Waals surface area contributed by atoms with Crippen LogP contribution in [0.4, 0.5) is 5.69 Å². The molecule has 0 spiro atoms. The third-order valence-electron chi connectivity index (χ3n) is 4.60. The Morgan fingerprint density at radius 2 is 2.00 bits per heavy atom. The number of hydrogen-bond donors (Lipinski definition) is 1. The first kappa shape index (κ1) is 12.7. The van der Waals surface area contributed by atoms with Gasteiger partial charge < -0.3 is 14.8 Å². The minimum absolute atomic E-state index is 0.168. The van der Waals surface area contributed by atoms with Crippen LogP contribution in [0, 0.1) is 5.92 Å². The number of nitrogens with one attached hydrogen (secondary N) is 1. The topological polar surface area (TPSA) is 30.5 Å². The number of ether oxygens (including phenoxy) is 2. The average molecular weight is 281 g/mol. The fourth-order valence-corrected chi connectivity index (χ4v) is 3.57. The predicted molar refractivity (Wildman–Crippen MR) is 82.6 cm³/mol. The highest BCUT2D eigenvalue weighted by molar-refractivity contribution is 5.59. The summed E-state index contributed by atoms with van der Waals surface area (Å²) in [6.07, 6.45) is 1.26. The van der Waals surface area contributed by atoms with Crippen molar-refractivity contribution < 1.29 is 9.47 Å². The Hall–Kier alpha value is -2.00. The van der Waals surface area contributed by atoms with Gasteiger partial charge in [0.25, 0.3) is 0 Å². The molecule has 2 heterocycles. The van der Waals surface area contributed by atoms with Crippen molar-refractivity contribution in [2.75, 3.05) is 19.0 Å². The first-order valence-electron chi connectivity index (χ1n) is 7.48. The van der Waals surface area contributed by atoms with Crippen LogP contribution in [0.2, 0.25) is 0 Å². The molecule has 0 bridgehead atoms. The van der Waals surface area contributed by atoms with E-state index in [4.69, 9.17) is 9.47 Å². The third-order valence-corrected chi connectivity index (χ3v) is 4.60. The minimum atomic E-state index is 0.168. The number of benzene rings is 2. The monoisotopic (exact) mass is 281 g/mol. The highest BCUT2D eigenvalue weighted by atomic mass is 16.5. The van der Waals surface area contributed by atoms with Crippen molar-refractivity contribution >= 4 is 5.69 Å². The molecule has 108 valence electrons. The van der Waals surface area contributed by atoms with Crippen molar-refractivity contribution in [3.63, 3.8) is 0 Å². The Morgan fingerprint density at radius 1 is 1.14 bits per heavy atom. The smallest absolute Gasteiger partial charge is 0.119 e. The van der Waals surface area contributed by atoms with Crippen molar-refractivity contribution in [1.29, 1.82) is 0 Å². The Morgan fingerprint density at radius 3 is 2.81 bits per heavy atom. The first-order valence-corrected chi connectivity index (χ1v) is 7.48. The molecule has 3 atom stereocenters. The number of rotatable bonds is 2. The summed E-state index contributed by atoms with van der Waals surface area (Å²) in [4.78, 5) is 0. The van der Waals surface area contributed by atoms with Gasteiger partial charge >= 0.3 is 0 Å². The molecule has 0 radical (unpaired) electrons. The summed E-state index contributed by atoms with van der Waals surface area (Å²) in [7, 11) is 1.71. The van der Waals surface area contributed by atoms with Gasteiger partial charge in [-0.1, -0.05) is 30.3 Å². The molecule has 4 rings (SSSR count). The lowest BCUT2D eigenvalue weighted by Crippen LogP contribution is -2.29. The second-order valence-corrected chi connectivity index (χ2v) is 5.73. The van der Waals surface area contributed by atoms with E-state index in [1.54, 1.807) is 7.11 Å². The zero-order valence-corrected chi connectivity index (χ0v) is 12.1. The second kappa shape index (κ2) is 5.08. The molecular formula is C18H19NO2. The molecular weight excluding hydrogens is 262 g/mol. The van der Waals surface area contributed by atoms with Crippen LogP contribution >= 0.6 is 0 Å². The van der Waals surface area contributed by atoms with E-state index in [9.17, 15) is 0 Å². The van der Waals surface area contributed by atoms with E-state index >= 15 is 0 Å². The van der Waals surface area contributed by atoms with Gasteiger partial charge in [-0.15, -0.1) is 0 Å². The van der Waals surface area contributed by atoms with Gasteiger partial charge in [-0.05, 0) is 30.2 Å². The molecule has 0 amide bonds. The van der Waals surface area contributed by atoms with Gasteiger partial charge in [0, 0.05) is 23.8 Å². The second-order valence-electron chi connectivity index (χ2n) is 5.73. The number of anilines is 1. The molecule has 2 aliphatic rings. The highest BCUT2D eigenvalue weighted by Crippen LogP contribution is 2.50. The van der Waals surface area contributed by atoms with Gasteiger partial charge in [0.15, 0.2) is 0 Å². The summed E-state index contributed by atoms with van der Waals surface area (Å²) in [6.45, 7) is 0.830.